The van der Waals surface area contributed by atoms with Gasteiger partial charge in [-0.2, -0.15) is 0 Å². The van der Waals surface area contributed by atoms with Crippen molar-refractivity contribution in [3.63, 3.8) is 0 Å². The van der Waals surface area contributed by atoms with Crippen molar-refractivity contribution in [1.82, 2.24) is 0 Å². The van der Waals surface area contributed by atoms with Crippen molar-refractivity contribution >= 4 is 61.6 Å². The molecule has 0 radical (unpaired) electrons. The van der Waals surface area contributed by atoms with Gasteiger partial charge < -0.3 is 18.9 Å². The largest absolute Gasteiger partial charge is 0.519 e. The summed E-state index contributed by atoms with van der Waals surface area (Å²) in [4.78, 5) is 36.2. The van der Waals surface area contributed by atoms with E-state index in [-0.39, 0.29) is 0 Å². The first-order valence-corrected chi connectivity index (χ1v) is 17.6. The molecule has 0 N–H and O–H groups in total. The highest BCUT2D eigenvalue weighted by molar-refractivity contribution is 9.11. The van der Waals surface area contributed by atoms with E-state index >= 15 is 0 Å². The van der Waals surface area contributed by atoms with Crippen LogP contribution in [0.15, 0.2) is 118 Å². The summed E-state index contributed by atoms with van der Waals surface area (Å²) >= 11 is 7.05. The normalized spacial score (nSPS) is 11.0. The molecule has 0 heterocycles. The molecule has 50 heavy (non-hydrogen) atoms. The average molecular weight is 814 g/mol. The number of ether oxygens (including phenoxy) is 4. The summed E-state index contributed by atoms with van der Waals surface area (Å²) in [5, 5.41) is 0. The predicted octanol–water partition coefficient (Wildman–Crippen LogP) is 12.4. The number of benzene rings is 4. The maximum absolute atomic E-state index is 12.6. The molecule has 0 saturated carbocycles. The Bertz CT molecular complexity index is 1630. The van der Waals surface area contributed by atoms with Crippen molar-refractivity contribution in [2.24, 2.45) is 0 Å². The van der Waals surface area contributed by atoms with E-state index in [2.05, 4.69) is 79.1 Å². The molecule has 0 aromatic heterocycles. The van der Waals surface area contributed by atoms with Crippen LogP contribution in [0.3, 0.4) is 0 Å². The Morgan fingerprint density at radius 1 is 0.540 bits per heavy atom. The molecule has 0 saturated heterocycles. The highest BCUT2D eigenvalue weighted by atomic mass is 79.9. The van der Waals surface area contributed by atoms with Crippen molar-refractivity contribution in [2.45, 2.75) is 85.5 Å². The number of halogens is 2. The molecule has 0 aliphatic rings. The van der Waals surface area contributed by atoms with Crippen molar-refractivity contribution < 1.29 is 33.3 Å². The first-order chi connectivity index (χ1) is 23.2. The van der Waals surface area contributed by atoms with E-state index in [9.17, 15) is 14.4 Å². The molecule has 0 bridgehead atoms. The quantitative estimate of drug-likeness (QED) is 0.115. The number of nitrogens with zero attached hydrogens (tertiary/aromatic N) is 1. The van der Waals surface area contributed by atoms with Crippen LogP contribution in [-0.2, 0) is 25.4 Å². The Labute approximate surface area is 313 Å². The highest BCUT2D eigenvalue weighted by Gasteiger charge is 2.26. The molecule has 0 aliphatic heterocycles. The van der Waals surface area contributed by atoms with Gasteiger partial charge >= 0.3 is 18.4 Å². The summed E-state index contributed by atoms with van der Waals surface area (Å²) in [6.45, 7) is 15.6. The highest BCUT2D eigenvalue weighted by Crippen LogP contribution is 2.33. The summed E-state index contributed by atoms with van der Waals surface area (Å²) in [5.41, 5.74) is 2.25. The van der Waals surface area contributed by atoms with E-state index in [1.165, 1.54) is 15.6 Å². The second-order valence-electron chi connectivity index (χ2n) is 13.9. The SMILES string of the molecule is Brc1ccccc1Cc1ccccc1.CC(C)(C)OC(=O)N(c1ccccc1)c1ccccc1Br.CC(C)(C)OC(=O)OC(=O)OC(C)(C)C. The molecule has 0 fully saturated rings. The van der Waals surface area contributed by atoms with Gasteiger partial charge in [0.15, 0.2) is 0 Å². The van der Waals surface area contributed by atoms with Gasteiger partial charge in [-0.25, -0.2) is 19.3 Å². The molecule has 4 rings (SSSR count). The predicted molar refractivity (Wildman–Crippen MR) is 206 cm³/mol. The molecule has 0 spiro atoms. The second kappa shape index (κ2) is 19.3. The Morgan fingerprint density at radius 3 is 1.42 bits per heavy atom. The van der Waals surface area contributed by atoms with Crippen molar-refractivity contribution in [3.8, 4) is 0 Å². The van der Waals surface area contributed by atoms with Gasteiger partial charge in [0.25, 0.3) is 0 Å². The minimum absolute atomic E-state index is 0.402. The number of carbonyl (C=O) groups excluding carboxylic acids is 3. The molecule has 0 unspecified atom stereocenters. The van der Waals surface area contributed by atoms with E-state index in [4.69, 9.17) is 14.2 Å². The fourth-order valence-electron chi connectivity index (χ4n) is 3.93. The van der Waals surface area contributed by atoms with Crippen LogP contribution in [0.4, 0.5) is 25.8 Å². The maximum Gasteiger partial charge on any atom is 0.519 e. The third-order valence-electron chi connectivity index (χ3n) is 5.82. The van der Waals surface area contributed by atoms with Crippen LogP contribution in [0.5, 0.6) is 0 Å². The van der Waals surface area contributed by atoms with E-state index < -0.39 is 35.2 Å². The van der Waals surface area contributed by atoms with Gasteiger partial charge in [0.1, 0.15) is 16.8 Å². The van der Waals surface area contributed by atoms with Gasteiger partial charge in [-0.15, -0.1) is 0 Å². The number of amides is 1. The maximum atomic E-state index is 12.6. The minimum Gasteiger partial charge on any atom is -0.443 e. The molecule has 0 atom stereocenters. The minimum atomic E-state index is -1.06. The zero-order valence-corrected chi connectivity index (χ0v) is 33.3. The number of carbonyl (C=O) groups is 3. The Hall–Kier alpha value is -4.15. The van der Waals surface area contributed by atoms with E-state index in [0.717, 1.165) is 22.3 Å². The standard InChI is InChI=1S/C17H18BrNO2.C13H11Br.C10H18O5/c1-17(2,3)21-16(20)19(13-9-5-4-6-10-13)15-12-8-7-11-14(15)18;14-13-9-5-4-8-12(13)10-11-6-2-1-3-7-11;1-9(2,3)14-7(11)13-8(12)15-10(4,5)6/h4-12H,1-3H3;1-9H,10H2;1-6H3. The fourth-order valence-corrected chi connectivity index (χ4v) is 4.81. The van der Waals surface area contributed by atoms with E-state index in [1.807, 2.05) is 87.5 Å². The average Bonchev–Trinajstić information content (AvgIpc) is 2.98. The molecule has 0 aliphatic carbocycles. The Morgan fingerprint density at radius 2 is 0.960 bits per heavy atom. The zero-order valence-electron chi connectivity index (χ0n) is 30.2. The Kier molecular flexibility index (Phi) is 16.2. The number of hydrogen-bond donors (Lipinski definition) is 0. The molecule has 8 nitrogen and oxygen atoms in total. The van der Waals surface area contributed by atoms with E-state index in [0.29, 0.717) is 0 Å². The Balaban J connectivity index is 0.000000268. The summed E-state index contributed by atoms with van der Waals surface area (Å²) < 4.78 is 21.3. The van der Waals surface area contributed by atoms with Crippen LogP contribution in [0.25, 0.3) is 0 Å². The number of hydrogen-bond acceptors (Lipinski definition) is 7. The monoisotopic (exact) mass is 811 g/mol. The number of para-hydroxylation sites is 2. The lowest BCUT2D eigenvalue weighted by Crippen LogP contribution is -2.34. The molecular formula is C40H47Br2NO7. The first kappa shape index (κ1) is 42.0. The van der Waals surface area contributed by atoms with Crippen LogP contribution < -0.4 is 4.90 Å². The van der Waals surface area contributed by atoms with Gasteiger partial charge in [0.2, 0.25) is 0 Å². The van der Waals surface area contributed by atoms with E-state index in [1.54, 1.807) is 46.4 Å². The molecule has 4 aromatic rings. The molecule has 10 heteroatoms. The van der Waals surface area contributed by atoms with Gasteiger partial charge in [0, 0.05) is 8.95 Å². The van der Waals surface area contributed by atoms with Gasteiger partial charge in [-0.05, 0) is 126 Å². The van der Waals surface area contributed by atoms with Gasteiger partial charge in [0.05, 0.1) is 11.4 Å². The zero-order chi connectivity index (χ0) is 37.5. The van der Waals surface area contributed by atoms with Crippen LogP contribution in [0, 0.1) is 0 Å². The lowest BCUT2D eigenvalue weighted by atomic mass is 10.1. The van der Waals surface area contributed by atoms with Gasteiger partial charge in [-0.1, -0.05) is 94.8 Å². The molecule has 4 aromatic carbocycles. The van der Waals surface area contributed by atoms with Crippen molar-refractivity contribution in [2.75, 3.05) is 4.90 Å². The van der Waals surface area contributed by atoms with Crippen LogP contribution in [-0.4, -0.2) is 35.2 Å². The van der Waals surface area contributed by atoms with Crippen molar-refractivity contribution in [3.05, 3.63) is 129 Å². The van der Waals surface area contributed by atoms with Gasteiger partial charge in [-0.3, -0.25) is 0 Å². The summed E-state index contributed by atoms with van der Waals surface area (Å²) in [6.07, 6.45) is -1.53. The lowest BCUT2D eigenvalue weighted by Gasteiger charge is -2.28. The smallest absolute Gasteiger partial charge is 0.443 e. The summed E-state index contributed by atoms with van der Waals surface area (Å²) in [7, 11) is 0. The first-order valence-electron chi connectivity index (χ1n) is 16.0. The second-order valence-corrected chi connectivity index (χ2v) is 15.6. The third-order valence-corrected chi connectivity index (χ3v) is 7.27. The summed E-state index contributed by atoms with van der Waals surface area (Å²) in [5.74, 6) is 0. The van der Waals surface area contributed by atoms with Crippen molar-refractivity contribution in [1.29, 1.82) is 0 Å². The third kappa shape index (κ3) is 17.0. The molecular weight excluding hydrogens is 766 g/mol. The fraction of sp³-hybridized carbons (Fsp3) is 0.325. The van der Waals surface area contributed by atoms with Crippen LogP contribution in [0.1, 0.15) is 73.4 Å². The molecule has 1 amide bonds. The summed E-state index contributed by atoms with van der Waals surface area (Å²) in [6, 6.07) is 35.9. The topological polar surface area (TPSA) is 91.4 Å². The lowest BCUT2D eigenvalue weighted by molar-refractivity contribution is -0.0294. The number of rotatable bonds is 4. The van der Waals surface area contributed by atoms with Crippen LogP contribution in [0.2, 0.25) is 0 Å². The number of anilines is 2. The molecule has 268 valence electrons. The van der Waals surface area contributed by atoms with Crippen LogP contribution >= 0.6 is 31.9 Å².